The summed E-state index contributed by atoms with van der Waals surface area (Å²) in [6, 6.07) is 15.8. The molecule has 158 valence electrons. The van der Waals surface area contributed by atoms with E-state index < -0.39 is 0 Å². The van der Waals surface area contributed by atoms with Gasteiger partial charge in [-0.3, -0.25) is 9.78 Å². The van der Waals surface area contributed by atoms with Gasteiger partial charge in [0.05, 0.1) is 11.7 Å². The Bertz CT molecular complexity index is 1030. The number of aromatic nitrogens is 3. The largest absolute Gasteiger partial charge is 0.340 e. The number of hydrogen-bond acceptors (Lipinski definition) is 5. The Labute approximate surface area is 182 Å². The Morgan fingerprint density at radius 3 is 2.58 bits per heavy atom. The lowest BCUT2D eigenvalue weighted by atomic mass is 10.1. The molecule has 1 amide bonds. The molecule has 1 aliphatic carbocycles. The van der Waals surface area contributed by atoms with Gasteiger partial charge in [0.15, 0.2) is 5.82 Å². The van der Waals surface area contributed by atoms with Crippen LogP contribution in [0.25, 0.3) is 11.3 Å². The highest BCUT2D eigenvalue weighted by Gasteiger charge is 2.36. The van der Waals surface area contributed by atoms with E-state index in [2.05, 4.69) is 10.3 Å². The summed E-state index contributed by atoms with van der Waals surface area (Å²) in [5.41, 5.74) is 2.72. The maximum atomic E-state index is 13.2. The second-order valence-corrected chi connectivity index (χ2v) is 8.40. The quantitative estimate of drug-likeness (QED) is 0.627. The number of nitrogens with one attached hydrogen (secondary N) is 1. The van der Waals surface area contributed by atoms with Crippen molar-refractivity contribution in [3.8, 4) is 11.3 Å². The number of carbonyl (C=O) groups is 1. The topological polar surface area (TPSA) is 71.0 Å². The molecular formula is C25H27N5O. The summed E-state index contributed by atoms with van der Waals surface area (Å²) in [4.78, 5) is 29.3. The molecule has 2 fully saturated rings. The summed E-state index contributed by atoms with van der Waals surface area (Å²) in [5, 5.41) is 3.40. The number of para-hydroxylation sites is 1. The molecule has 31 heavy (non-hydrogen) atoms. The number of hydrogen-bond donors (Lipinski definition) is 1. The third-order valence-electron chi connectivity index (χ3n) is 6.29. The van der Waals surface area contributed by atoms with Crippen LogP contribution in [0.5, 0.6) is 0 Å². The summed E-state index contributed by atoms with van der Waals surface area (Å²) in [6.45, 7) is 0.794. The fourth-order valence-electron chi connectivity index (χ4n) is 4.72. The van der Waals surface area contributed by atoms with Gasteiger partial charge in [-0.25, -0.2) is 9.97 Å². The molecule has 1 N–H and O–H groups in total. The highest BCUT2D eigenvalue weighted by molar-refractivity contribution is 5.80. The molecule has 6 heteroatoms. The van der Waals surface area contributed by atoms with Gasteiger partial charge >= 0.3 is 0 Å². The van der Waals surface area contributed by atoms with Crippen molar-refractivity contribution >= 4 is 17.4 Å². The number of amides is 1. The van der Waals surface area contributed by atoms with Gasteiger partial charge in [-0.2, -0.15) is 0 Å². The van der Waals surface area contributed by atoms with Crippen molar-refractivity contribution in [1.82, 2.24) is 19.9 Å². The van der Waals surface area contributed by atoms with Crippen LogP contribution in [0.1, 0.15) is 50.4 Å². The second-order valence-electron chi connectivity index (χ2n) is 8.40. The normalized spacial score (nSPS) is 19.0. The minimum absolute atomic E-state index is 0.0685. The molecule has 2 aromatic heterocycles. The summed E-state index contributed by atoms with van der Waals surface area (Å²) >= 11 is 0. The van der Waals surface area contributed by atoms with Crippen LogP contribution in [0, 0.1) is 5.92 Å². The minimum atomic E-state index is -0.0685. The van der Waals surface area contributed by atoms with Crippen LogP contribution in [0.4, 0.5) is 11.5 Å². The van der Waals surface area contributed by atoms with Gasteiger partial charge in [0.25, 0.3) is 0 Å². The number of likely N-dealkylation sites (tertiary alicyclic amines) is 1. The maximum Gasteiger partial charge on any atom is 0.226 e. The van der Waals surface area contributed by atoms with E-state index in [1.165, 1.54) is 0 Å². The lowest BCUT2D eigenvalue weighted by Gasteiger charge is -2.27. The summed E-state index contributed by atoms with van der Waals surface area (Å²) in [7, 11) is 0. The lowest BCUT2D eigenvalue weighted by molar-refractivity contribution is -0.136. The van der Waals surface area contributed by atoms with E-state index in [1.54, 1.807) is 6.20 Å². The summed E-state index contributed by atoms with van der Waals surface area (Å²) in [6.07, 6.45) is 9.81. The van der Waals surface area contributed by atoms with Crippen LogP contribution < -0.4 is 5.32 Å². The van der Waals surface area contributed by atoms with Crippen molar-refractivity contribution in [2.45, 2.75) is 44.6 Å². The Balaban J connectivity index is 1.50. The van der Waals surface area contributed by atoms with Crippen LogP contribution in [0.15, 0.2) is 60.9 Å². The van der Waals surface area contributed by atoms with Crippen molar-refractivity contribution in [2.24, 2.45) is 5.92 Å². The van der Waals surface area contributed by atoms with E-state index in [4.69, 9.17) is 9.97 Å². The fourth-order valence-corrected chi connectivity index (χ4v) is 4.72. The molecule has 6 nitrogen and oxygen atoms in total. The van der Waals surface area contributed by atoms with Gasteiger partial charge in [0.1, 0.15) is 5.82 Å². The molecule has 0 spiro atoms. The van der Waals surface area contributed by atoms with E-state index in [1.807, 2.05) is 59.6 Å². The monoisotopic (exact) mass is 413 g/mol. The molecule has 0 radical (unpaired) electrons. The first-order valence-electron chi connectivity index (χ1n) is 11.2. The van der Waals surface area contributed by atoms with E-state index in [0.717, 1.165) is 67.8 Å². The molecule has 3 aromatic rings. The molecule has 0 bridgehead atoms. The average molecular weight is 414 g/mol. The maximum absolute atomic E-state index is 13.2. The zero-order valence-electron chi connectivity index (χ0n) is 17.6. The number of benzene rings is 1. The highest BCUT2D eigenvalue weighted by atomic mass is 16.2. The van der Waals surface area contributed by atoms with Crippen LogP contribution >= 0.6 is 0 Å². The summed E-state index contributed by atoms with van der Waals surface area (Å²) < 4.78 is 0. The molecule has 5 rings (SSSR count). The van der Waals surface area contributed by atoms with Crippen molar-refractivity contribution in [2.75, 3.05) is 11.9 Å². The van der Waals surface area contributed by atoms with Crippen molar-refractivity contribution < 1.29 is 4.79 Å². The molecule has 3 heterocycles. The number of nitrogens with zero attached hydrogens (tertiary/aromatic N) is 4. The zero-order chi connectivity index (χ0) is 21.0. The van der Waals surface area contributed by atoms with Gasteiger partial charge in [-0.1, -0.05) is 31.0 Å². The number of carbonyl (C=O) groups excluding carboxylic acids is 1. The van der Waals surface area contributed by atoms with Crippen LogP contribution in [-0.4, -0.2) is 32.3 Å². The first-order valence-corrected chi connectivity index (χ1v) is 11.2. The molecule has 1 saturated heterocycles. The Morgan fingerprint density at radius 1 is 0.968 bits per heavy atom. The summed E-state index contributed by atoms with van der Waals surface area (Å²) in [5.74, 6) is 1.90. The van der Waals surface area contributed by atoms with Gasteiger partial charge in [0, 0.05) is 42.2 Å². The van der Waals surface area contributed by atoms with E-state index in [0.29, 0.717) is 5.82 Å². The van der Waals surface area contributed by atoms with Crippen LogP contribution in [0.2, 0.25) is 0 Å². The van der Waals surface area contributed by atoms with Gasteiger partial charge in [0.2, 0.25) is 5.91 Å². The van der Waals surface area contributed by atoms with Crippen LogP contribution in [0.3, 0.4) is 0 Å². The van der Waals surface area contributed by atoms with Crippen molar-refractivity contribution in [3.63, 3.8) is 0 Å². The van der Waals surface area contributed by atoms with Gasteiger partial charge in [-0.05, 0) is 49.9 Å². The first-order chi connectivity index (χ1) is 15.3. The number of pyridine rings is 1. The number of rotatable bonds is 5. The zero-order valence-corrected chi connectivity index (χ0v) is 17.6. The molecule has 1 aromatic carbocycles. The lowest BCUT2D eigenvalue weighted by Crippen LogP contribution is -2.35. The SMILES string of the molecule is O=C(C1CCCC1)N1CCCC1c1nc(Nc2ccccc2)cc(-c2cccnc2)n1. The molecule has 1 atom stereocenters. The van der Waals surface area contributed by atoms with E-state index in [9.17, 15) is 4.79 Å². The van der Waals surface area contributed by atoms with E-state index >= 15 is 0 Å². The highest BCUT2D eigenvalue weighted by Crippen LogP contribution is 2.36. The standard InChI is InChI=1S/C25H27N5O/c31-25(18-8-4-5-9-18)30-15-7-13-22(30)24-28-21(19-10-6-14-26-17-19)16-23(29-24)27-20-11-2-1-3-12-20/h1-3,6,10-12,14,16-18,22H,4-5,7-9,13,15H2,(H,27,28,29). The Hall–Kier alpha value is -3.28. The first kappa shape index (κ1) is 19.7. The van der Waals surface area contributed by atoms with E-state index in [-0.39, 0.29) is 17.9 Å². The number of anilines is 2. The average Bonchev–Trinajstić information content (AvgIpc) is 3.52. The predicted octanol–water partition coefficient (Wildman–Crippen LogP) is 5.14. The Morgan fingerprint density at radius 2 is 1.81 bits per heavy atom. The van der Waals surface area contributed by atoms with Crippen molar-refractivity contribution in [3.05, 3.63) is 66.7 Å². The molecule has 2 aliphatic rings. The van der Waals surface area contributed by atoms with Gasteiger partial charge < -0.3 is 10.2 Å². The van der Waals surface area contributed by atoms with Crippen LogP contribution in [-0.2, 0) is 4.79 Å². The van der Waals surface area contributed by atoms with Gasteiger partial charge in [-0.15, -0.1) is 0 Å². The minimum Gasteiger partial charge on any atom is -0.340 e. The third kappa shape index (κ3) is 4.29. The smallest absolute Gasteiger partial charge is 0.226 e. The molecule has 1 aliphatic heterocycles. The molecular weight excluding hydrogens is 386 g/mol. The third-order valence-corrected chi connectivity index (χ3v) is 6.29. The van der Waals surface area contributed by atoms with Crippen molar-refractivity contribution in [1.29, 1.82) is 0 Å². The second kappa shape index (κ2) is 8.84. The fraction of sp³-hybridized carbons (Fsp3) is 0.360. The Kier molecular flexibility index (Phi) is 5.61. The molecule has 1 saturated carbocycles. The molecule has 1 unspecified atom stereocenters. The predicted molar refractivity (Wildman–Crippen MR) is 121 cm³/mol.